The van der Waals surface area contributed by atoms with Gasteiger partial charge in [-0.05, 0) is 46.5 Å². The number of carboxylic acid groups (broad SMARTS) is 1. The summed E-state index contributed by atoms with van der Waals surface area (Å²) >= 11 is 3.53. The molecule has 0 spiro atoms. The molecule has 1 heterocycles. The Morgan fingerprint density at radius 1 is 1.56 bits per heavy atom. The van der Waals surface area contributed by atoms with Crippen molar-refractivity contribution in [1.29, 1.82) is 0 Å². The van der Waals surface area contributed by atoms with Gasteiger partial charge in [-0.2, -0.15) is 0 Å². The van der Waals surface area contributed by atoms with Gasteiger partial charge in [0, 0.05) is 16.3 Å². The summed E-state index contributed by atoms with van der Waals surface area (Å²) in [6, 6.07) is 3.75. The number of carboxylic acids is 1. The van der Waals surface area contributed by atoms with Crippen LogP contribution < -0.4 is 4.74 Å². The van der Waals surface area contributed by atoms with E-state index in [9.17, 15) is 4.79 Å². The normalized spacial score (nSPS) is 10.8. The van der Waals surface area contributed by atoms with Crippen molar-refractivity contribution in [2.45, 2.75) is 19.3 Å². The Labute approximate surface area is 113 Å². The highest BCUT2D eigenvalue weighted by atomic mass is 79.9. The minimum atomic E-state index is -0.775. The molecule has 0 radical (unpaired) electrons. The number of rotatable bonds is 5. The molecule has 0 atom stereocenters. The van der Waals surface area contributed by atoms with E-state index in [2.05, 4.69) is 15.9 Å². The molecular formula is C13H13BrO4. The maximum atomic E-state index is 10.5. The van der Waals surface area contributed by atoms with E-state index >= 15 is 0 Å². The van der Waals surface area contributed by atoms with E-state index in [1.807, 2.05) is 12.1 Å². The molecule has 0 fully saturated rings. The molecule has 0 unspecified atom stereocenters. The Hall–Kier alpha value is -1.49. The van der Waals surface area contributed by atoms with Gasteiger partial charge in [0.1, 0.15) is 0 Å². The van der Waals surface area contributed by atoms with Crippen LogP contribution >= 0.6 is 15.9 Å². The van der Waals surface area contributed by atoms with E-state index in [1.165, 1.54) is 0 Å². The zero-order chi connectivity index (χ0) is 13.1. The molecular weight excluding hydrogens is 300 g/mol. The van der Waals surface area contributed by atoms with Crippen LogP contribution in [0.2, 0.25) is 0 Å². The summed E-state index contributed by atoms with van der Waals surface area (Å²) in [7, 11) is 1.59. The van der Waals surface area contributed by atoms with E-state index in [1.54, 1.807) is 13.4 Å². The number of furan rings is 1. The molecule has 0 aliphatic carbocycles. The summed E-state index contributed by atoms with van der Waals surface area (Å²) in [5.41, 5.74) is 1.73. The molecule has 5 heteroatoms. The third-order valence-corrected chi connectivity index (χ3v) is 3.71. The maximum absolute atomic E-state index is 10.5. The zero-order valence-electron chi connectivity index (χ0n) is 9.90. The molecule has 0 amide bonds. The molecule has 0 saturated carbocycles. The van der Waals surface area contributed by atoms with Crippen molar-refractivity contribution in [3.05, 3.63) is 28.4 Å². The van der Waals surface area contributed by atoms with E-state index in [0.717, 1.165) is 15.4 Å². The van der Waals surface area contributed by atoms with Crippen LogP contribution in [0.4, 0.5) is 0 Å². The third-order valence-electron chi connectivity index (χ3n) is 2.77. The number of hydrogen-bond acceptors (Lipinski definition) is 3. The number of fused-ring (bicyclic) bond motifs is 1. The molecule has 4 nitrogen and oxygen atoms in total. The van der Waals surface area contributed by atoms with Crippen molar-refractivity contribution in [2.24, 2.45) is 0 Å². The van der Waals surface area contributed by atoms with E-state index in [0.29, 0.717) is 24.2 Å². The predicted molar refractivity (Wildman–Crippen MR) is 71.0 cm³/mol. The Balaban J connectivity index is 2.32. The standard InChI is InChI=1S/C13H13BrO4/c1-17-10-7-8(3-2-4-11(15)16)12(14)9-5-6-18-13(9)10/h5-7H,2-4H2,1H3,(H,15,16). The second-order valence-electron chi connectivity index (χ2n) is 3.96. The summed E-state index contributed by atoms with van der Waals surface area (Å²) in [6.07, 6.45) is 3.06. The first kappa shape index (κ1) is 13.0. The molecule has 96 valence electrons. The first-order chi connectivity index (χ1) is 8.63. The van der Waals surface area contributed by atoms with Crippen LogP contribution in [0.25, 0.3) is 11.0 Å². The lowest BCUT2D eigenvalue weighted by molar-refractivity contribution is -0.137. The molecule has 0 aliphatic rings. The summed E-state index contributed by atoms with van der Waals surface area (Å²) in [5.74, 6) is -0.106. The molecule has 2 rings (SSSR count). The summed E-state index contributed by atoms with van der Waals surface area (Å²) in [4.78, 5) is 10.5. The number of benzene rings is 1. The summed E-state index contributed by atoms with van der Waals surface area (Å²) in [5, 5.41) is 9.59. The van der Waals surface area contributed by atoms with Crippen molar-refractivity contribution in [1.82, 2.24) is 0 Å². The monoisotopic (exact) mass is 312 g/mol. The number of aryl methyl sites for hydroxylation is 1. The van der Waals surface area contributed by atoms with Crippen LogP contribution in [0, 0.1) is 0 Å². The van der Waals surface area contributed by atoms with Crippen molar-refractivity contribution in [3.8, 4) is 5.75 Å². The molecule has 18 heavy (non-hydrogen) atoms. The van der Waals surface area contributed by atoms with E-state index in [-0.39, 0.29) is 6.42 Å². The second kappa shape index (κ2) is 5.44. The fourth-order valence-corrected chi connectivity index (χ4v) is 2.52. The number of halogens is 1. The maximum Gasteiger partial charge on any atom is 0.303 e. The van der Waals surface area contributed by atoms with Crippen molar-refractivity contribution < 1.29 is 19.1 Å². The summed E-state index contributed by atoms with van der Waals surface area (Å²) in [6.45, 7) is 0. The third kappa shape index (κ3) is 2.51. The van der Waals surface area contributed by atoms with E-state index < -0.39 is 5.97 Å². The smallest absolute Gasteiger partial charge is 0.303 e. The van der Waals surface area contributed by atoms with Gasteiger partial charge in [0.15, 0.2) is 11.3 Å². The zero-order valence-corrected chi connectivity index (χ0v) is 11.5. The lowest BCUT2D eigenvalue weighted by Gasteiger charge is -2.08. The molecule has 1 aromatic heterocycles. The fourth-order valence-electron chi connectivity index (χ4n) is 1.90. The lowest BCUT2D eigenvalue weighted by Crippen LogP contribution is -1.97. The number of ether oxygens (including phenoxy) is 1. The van der Waals surface area contributed by atoms with Gasteiger partial charge in [0.2, 0.25) is 0 Å². The van der Waals surface area contributed by atoms with Gasteiger partial charge >= 0.3 is 5.97 Å². The van der Waals surface area contributed by atoms with Gasteiger partial charge < -0.3 is 14.3 Å². The Bertz CT molecular complexity index is 574. The highest BCUT2D eigenvalue weighted by Crippen LogP contribution is 2.36. The van der Waals surface area contributed by atoms with Crippen molar-refractivity contribution >= 4 is 32.9 Å². The molecule has 1 aromatic carbocycles. The van der Waals surface area contributed by atoms with Gasteiger partial charge in [-0.3, -0.25) is 4.79 Å². The van der Waals surface area contributed by atoms with Gasteiger partial charge in [0.25, 0.3) is 0 Å². The largest absolute Gasteiger partial charge is 0.493 e. The minimum Gasteiger partial charge on any atom is -0.493 e. The highest BCUT2D eigenvalue weighted by Gasteiger charge is 2.13. The molecule has 1 N–H and O–H groups in total. The number of methoxy groups -OCH3 is 1. The van der Waals surface area contributed by atoms with E-state index in [4.69, 9.17) is 14.3 Å². The second-order valence-corrected chi connectivity index (χ2v) is 4.76. The van der Waals surface area contributed by atoms with Crippen LogP contribution in [-0.4, -0.2) is 18.2 Å². The lowest BCUT2D eigenvalue weighted by atomic mass is 10.1. The first-order valence-corrected chi connectivity index (χ1v) is 6.37. The fraction of sp³-hybridized carbons (Fsp3) is 0.308. The van der Waals surface area contributed by atoms with Gasteiger partial charge in [-0.25, -0.2) is 0 Å². The number of hydrogen-bond donors (Lipinski definition) is 1. The van der Waals surface area contributed by atoms with Crippen LogP contribution in [0.5, 0.6) is 5.75 Å². The first-order valence-electron chi connectivity index (χ1n) is 5.58. The van der Waals surface area contributed by atoms with Crippen LogP contribution in [0.1, 0.15) is 18.4 Å². The summed E-state index contributed by atoms with van der Waals surface area (Å²) < 4.78 is 11.6. The van der Waals surface area contributed by atoms with Gasteiger partial charge in [-0.15, -0.1) is 0 Å². The predicted octanol–water partition coefficient (Wildman–Crippen LogP) is 3.61. The van der Waals surface area contributed by atoms with Crippen LogP contribution in [0.15, 0.2) is 27.3 Å². The molecule has 0 bridgehead atoms. The molecule has 0 aliphatic heterocycles. The Morgan fingerprint density at radius 2 is 2.33 bits per heavy atom. The quantitative estimate of drug-likeness (QED) is 0.916. The van der Waals surface area contributed by atoms with Gasteiger partial charge in [0.05, 0.1) is 13.4 Å². The average molecular weight is 313 g/mol. The Kier molecular flexibility index (Phi) is 3.91. The minimum absolute atomic E-state index is 0.165. The van der Waals surface area contributed by atoms with Crippen molar-refractivity contribution in [3.63, 3.8) is 0 Å². The average Bonchev–Trinajstić information content (AvgIpc) is 2.81. The van der Waals surface area contributed by atoms with Gasteiger partial charge in [-0.1, -0.05) is 0 Å². The SMILES string of the molecule is COc1cc(CCCC(=O)O)c(Br)c2ccoc12. The Morgan fingerprint density at radius 3 is 3.00 bits per heavy atom. The molecule has 2 aromatic rings. The van der Waals surface area contributed by atoms with Crippen LogP contribution in [0.3, 0.4) is 0 Å². The highest BCUT2D eigenvalue weighted by molar-refractivity contribution is 9.10. The number of aliphatic carboxylic acids is 1. The molecule has 0 saturated heterocycles. The topological polar surface area (TPSA) is 59.7 Å². The number of carbonyl (C=O) groups is 1. The van der Waals surface area contributed by atoms with Crippen molar-refractivity contribution in [2.75, 3.05) is 7.11 Å². The van der Waals surface area contributed by atoms with Crippen LogP contribution in [-0.2, 0) is 11.2 Å².